The molecule has 7 aromatic rings. The van der Waals surface area contributed by atoms with Crippen molar-refractivity contribution in [2.45, 2.75) is 56.9 Å². The standard InChI is InChI=1S/C60H64Cl2N6O9S/c1-60(2)26-23-43(50(35-60)40-9-15-44(61)16-10-40)37-66-27-29-67(30-28-66)45-17-22-49(57(69)64-78(71,72)48-34-51(62)58(63-36-48)76-38-39-24-31-75-32-25-39)54(33-45)77-53-8-6-7-52-56(53)65(3)59(70)68(52)55(41-11-18-46(73-4)19-12-41)42-13-20-47(74-5)21-14-42/h6-22,33-34,36,39,55H,23-32,35,37-38H2,1-5H3,(H,64,69). The molecule has 0 radical (unpaired) electrons. The number of carbonyl (C=O) groups excluding carboxylic acids is 1. The van der Waals surface area contributed by atoms with Crippen LogP contribution in [-0.4, -0.2) is 100 Å². The van der Waals surface area contributed by atoms with Crippen LogP contribution in [0.25, 0.3) is 16.6 Å². The summed E-state index contributed by atoms with van der Waals surface area (Å²) < 4.78 is 62.6. The molecule has 2 saturated heterocycles. The van der Waals surface area contributed by atoms with Gasteiger partial charge in [0.25, 0.3) is 15.9 Å². The fourth-order valence-corrected chi connectivity index (χ4v) is 12.1. The van der Waals surface area contributed by atoms with E-state index in [0.29, 0.717) is 55.4 Å². The molecule has 78 heavy (non-hydrogen) atoms. The van der Waals surface area contributed by atoms with Gasteiger partial charge in [0.1, 0.15) is 32.7 Å². The highest BCUT2D eigenvalue weighted by molar-refractivity contribution is 7.90. The van der Waals surface area contributed by atoms with Gasteiger partial charge in [0.15, 0.2) is 5.75 Å². The van der Waals surface area contributed by atoms with Gasteiger partial charge in [-0.15, -0.1) is 0 Å². The molecule has 3 aliphatic rings. The van der Waals surface area contributed by atoms with Gasteiger partial charge in [-0.1, -0.05) is 85.1 Å². The molecule has 0 bridgehead atoms. The normalized spacial score (nSPS) is 16.4. The van der Waals surface area contributed by atoms with Gasteiger partial charge in [0.05, 0.1) is 44.1 Å². The number of hydrogen-bond donors (Lipinski definition) is 1. The molecule has 15 nitrogen and oxygen atoms in total. The quantitative estimate of drug-likeness (QED) is 0.0922. The zero-order valence-corrected chi connectivity index (χ0v) is 46.8. The first-order valence-corrected chi connectivity index (χ1v) is 28.5. The van der Waals surface area contributed by atoms with Crippen molar-refractivity contribution in [2.75, 3.05) is 71.7 Å². The van der Waals surface area contributed by atoms with Crippen LogP contribution < -0.4 is 34.3 Å². The lowest BCUT2D eigenvalue weighted by molar-refractivity contribution is 0.0490. The second kappa shape index (κ2) is 23.3. The number of para-hydroxylation sites is 1. The van der Waals surface area contributed by atoms with Crippen molar-refractivity contribution in [2.24, 2.45) is 18.4 Å². The Labute approximate surface area is 465 Å². The van der Waals surface area contributed by atoms with E-state index in [9.17, 15) is 18.0 Å². The summed E-state index contributed by atoms with van der Waals surface area (Å²) in [5.74, 6) is 1.07. The van der Waals surface area contributed by atoms with Gasteiger partial charge in [0, 0.05) is 69.8 Å². The Hall–Kier alpha value is -6.82. The molecule has 18 heteroatoms. The largest absolute Gasteiger partial charge is 0.497 e. The van der Waals surface area contributed by atoms with Gasteiger partial charge >= 0.3 is 5.69 Å². The summed E-state index contributed by atoms with van der Waals surface area (Å²) in [6.07, 6.45) is 5.92. The number of anilines is 1. The van der Waals surface area contributed by atoms with Crippen molar-refractivity contribution in [1.29, 1.82) is 0 Å². The first kappa shape index (κ1) is 54.5. The number of pyridine rings is 1. The van der Waals surface area contributed by atoms with E-state index in [-0.39, 0.29) is 49.9 Å². The number of piperazine rings is 1. The Morgan fingerprint density at radius 1 is 0.846 bits per heavy atom. The summed E-state index contributed by atoms with van der Waals surface area (Å²) in [6, 6.07) is 34.4. The molecule has 2 aliphatic heterocycles. The minimum Gasteiger partial charge on any atom is -0.497 e. The van der Waals surface area contributed by atoms with Crippen LogP contribution in [0.15, 0.2) is 137 Å². The van der Waals surface area contributed by atoms with Crippen LogP contribution in [0.5, 0.6) is 28.9 Å². The van der Waals surface area contributed by atoms with Crippen LogP contribution in [0.2, 0.25) is 10.0 Å². The number of nitrogens with zero attached hydrogens (tertiary/aromatic N) is 5. The van der Waals surface area contributed by atoms with Gasteiger partial charge in [0.2, 0.25) is 5.88 Å². The number of halogens is 2. The zero-order chi connectivity index (χ0) is 54.7. The molecule has 1 amide bonds. The van der Waals surface area contributed by atoms with E-state index in [1.807, 2.05) is 66.7 Å². The van der Waals surface area contributed by atoms with Gasteiger partial charge < -0.3 is 28.6 Å². The van der Waals surface area contributed by atoms with E-state index in [1.54, 1.807) is 56.2 Å². The third-order valence-corrected chi connectivity index (χ3v) is 17.1. The summed E-state index contributed by atoms with van der Waals surface area (Å²) >= 11 is 12.9. The molecule has 5 aromatic carbocycles. The van der Waals surface area contributed by atoms with E-state index in [1.165, 1.54) is 27.3 Å². The number of ether oxygens (including phenoxy) is 5. The molecule has 0 spiro atoms. The number of allylic oxidation sites excluding steroid dienone is 1. The highest BCUT2D eigenvalue weighted by Crippen LogP contribution is 2.44. The average molecular weight is 1120 g/mol. The highest BCUT2D eigenvalue weighted by atomic mass is 35.5. The number of fused-ring (bicyclic) bond motifs is 1. The van der Waals surface area contributed by atoms with Crippen molar-refractivity contribution >= 4 is 61.4 Å². The van der Waals surface area contributed by atoms with Crippen molar-refractivity contribution in [3.05, 3.63) is 170 Å². The van der Waals surface area contributed by atoms with Crippen LogP contribution in [0.1, 0.15) is 79.0 Å². The van der Waals surface area contributed by atoms with Crippen LogP contribution >= 0.6 is 23.2 Å². The predicted octanol–water partition coefficient (Wildman–Crippen LogP) is 11.2. The van der Waals surface area contributed by atoms with E-state index in [0.717, 1.165) is 79.8 Å². The number of aromatic nitrogens is 3. The predicted molar refractivity (Wildman–Crippen MR) is 305 cm³/mol. The number of sulfonamides is 1. The maximum Gasteiger partial charge on any atom is 0.329 e. The molecule has 0 atom stereocenters. The number of benzene rings is 5. The molecular weight excluding hydrogens is 1050 g/mol. The van der Waals surface area contributed by atoms with Gasteiger partial charge in [-0.3, -0.25) is 18.8 Å². The fraction of sp³-hybridized carbons (Fsp3) is 0.350. The van der Waals surface area contributed by atoms with E-state index in [4.69, 9.17) is 46.9 Å². The molecule has 1 N–H and O–H groups in total. The van der Waals surface area contributed by atoms with Crippen molar-refractivity contribution < 1.29 is 36.9 Å². The van der Waals surface area contributed by atoms with Crippen molar-refractivity contribution in [3.8, 4) is 28.9 Å². The van der Waals surface area contributed by atoms with Crippen LogP contribution in [0, 0.1) is 11.3 Å². The minimum atomic E-state index is -4.53. The van der Waals surface area contributed by atoms with Crippen LogP contribution in [-0.2, 0) is 21.8 Å². The first-order valence-electron chi connectivity index (χ1n) is 26.2. The summed E-state index contributed by atoms with van der Waals surface area (Å²) in [7, 11) is 0.345. The molecule has 10 rings (SSSR count). The zero-order valence-electron chi connectivity index (χ0n) is 44.5. The van der Waals surface area contributed by atoms with Crippen LogP contribution in [0.3, 0.4) is 0 Å². The second-order valence-electron chi connectivity index (χ2n) is 21.0. The minimum absolute atomic E-state index is 0.0147. The van der Waals surface area contributed by atoms with Gasteiger partial charge in [-0.2, -0.15) is 0 Å². The summed E-state index contributed by atoms with van der Waals surface area (Å²) in [5.41, 5.74) is 7.30. The summed E-state index contributed by atoms with van der Waals surface area (Å²) in [5, 5.41) is 0.705. The number of methoxy groups -OCH3 is 2. The molecule has 2 aromatic heterocycles. The lowest BCUT2D eigenvalue weighted by atomic mass is 9.72. The fourth-order valence-electron chi connectivity index (χ4n) is 10.8. The molecule has 2 fully saturated rings. The highest BCUT2D eigenvalue weighted by Gasteiger charge is 2.32. The van der Waals surface area contributed by atoms with E-state index >= 15 is 0 Å². The average Bonchev–Trinajstić information content (AvgIpc) is 3.71. The SMILES string of the molecule is COc1ccc(C(c2ccc(OC)cc2)n2c(=O)n(C)c3c(Oc4cc(N5CCN(CC6=C(c7ccc(Cl)cc7)CC(C)(C)CC6)CC5)ccc4C(=O)NS(=O)(=O)c4cnc(OCC5CCOCC5)c(Cl)c4)cccc32)cc1. The molecule has 408 valence electrons. The summed E-state index contributed by atoms with van der Waals surface area (Å²) in [6.45, 7) is 10.1. The van der Waals surface area contributed by atoms with Gasteiger partial charge in [-0.05, 0) is 132 Å². The molecule has 1 aliphatic carbocycles. The molecule has 0 saturated carbocycles. The molecule has 4 heterocycles. The van der Waals surface area contributed by atoms with E-state index in [2.05, 4.69) is 45.5 Å². The topological polar surface area (TPSA) is 156 Å². The Morgan fingerprint density at radius 2 is 1.51 bits per heavy atom. The number of hydrogen-bond acceptors (Lipinski definition) is 12. The Morgan fingerprint density at radius 3 is 2.15 bits per heavy atom. The smallest absolute Gasteiger partial charge is 0.329 e. The Balaban J connectivity index is 0.972. The maximum absolute atomic E-state index is 14.7. The van der Waals surface area contributed by atoms with Crippen molar-refractivity contribution in [1.82, 2.24) is 23.7 Å². The third kappa shape index (κ3) is 11.9. The number of amides is 1. The second-order valence-corrected chi connectivity index (χ2v) is 23.5. The number of imidazole rings is 1. The van der Waals surface area contributed by atoms with E-state index < -0.39 is 22.0 Å². The Kier molecular flexibility index (Phi) is 16.3. The lowest BCUT2D eigenvalue weighted by Gasteiger charge is -2.39. The summed E-state index contributed by atoms with van der Waals surface area (Å²) in [4.78, 5) is 37.9. The Bertz CT molecular complexity index is 3470. The lowest BCUT2D eigenvalue weighted by Crippen LogP contribution is -2.47. The monoisotopic (exact) mass is 1110 g/mol. The molecule has 0 unspecified atom stereocenters. The number of carbonyl (C=O) groups is 1. The molecular formula is C60H64Cl2N6O9S. The van der Waals surface area contributed by atoms with Crippen molar-refractivity contribution in [3.63, 3.8) is 0 Å². The maximum atomic E-state index is 14.7. The number of rotatable bonds is 17. The van der Waals surface area contributed by atoms with Crippen LogP contribution in [0.4, 0.5) is 5.69 Å². The van der Waals surface area contributed by atoms with Gasteiger partial charge in [-0.25, -0.2) is 22.9 Å². The third-order valence-electron chi connectivity index (χ3n) is 15.3. The first-order chi connectivity index (χ1) is 37.6. The number of nitrogens with one attached hydrogen (secondary N) is 1. The number of aryl methyl sites for hydroxylation is 1.